The maximum atomic E-state index is 12.4. The lowest BCUT2D eigenvalue weighted by Crippen LogP contribution is -2.11. The zero-order valence-corrected chi connectivity index (χ0v) is 15.0. The lowest BCUT2D eigenvalue weighted by molar-refractivity contribution is 0.0466. The van der Waals surface area contributed by atoms with E-state index in [-0.39, 0.29) is 17.3 Å². The van der Waals surface area contributed by atoms with Gasteiger partial charge in [0.15, 0.2) is 11.5 Å². The molecule has 3 rings (SSSR count). The predicted molar refractivity (Wildman–Crippen MR) is 96.1 cm³/mol. The summed E-state index contributed by atoms with van der Waals surface area (Å²) >= 11 is 6.14. The van der Waals surface area contributed by atoms with Gasteiger partial charge in [0.1, 0.15) is 6.61 Å². The molecular weight excluding hydrogens is 338 g/mol. The molecule has 2 heterocycles. The van der Waals surface area contributed by atoms with E-state index in [0.717, 1.165) is 22.5 Å². The largest absolute Gasteiger partial charge is 0.456 e. The van der Waals surface area contributed by atoms with E-state index >= 15 is 0 Å². The van der Waals surface area contributed by atoms with Crippen LogP contribution in [0, 0.1) is 20.8 Å². The lowest BCUT2D eigenvalue weighted by Gasteiger charge is -2.09. The van der Waals surface area contributed by atoms with Crippen LogP contribution >= 0.6 is 11.6 Å². The summed E-state index contributed by atoms with van der Waals surface area (Å²) < 4.78 is 7.03. The van der Waals surface area contributed by atoms with Crippen molar-refractivity contribution in [2.24, 2.45) is 0 Å². The number of aromatic nitrogens is 3. The van der Waals surface area contributed by atoms with Crippen molar-refractivity contribution in [3.05, 3.63) is 75.7 Å². The average Bonchev–Trinajstić information content (AvgIpc) is 2.91. The second-order valence-corrected chi connectivity index (χ2v) is 6.31. The van der Waals surface area contributed by atoms with Gasteiger partial charge in [0.05, 0.1) is 10.7 Å². The third-order valence-corrected chi connectivity index (χ3v) is 4.01. The molecule has 0 unspecified atom stereocenters. The van der Waals surface area contributed by atoms with Crippen molar-refractivity contribution in [3.63, 3.8) is 0 Å². The summed E-state index contributed by atoms with van der Waals surface area (Å²) in [6.07, 6.45) is 0. The fourth-order valence-electron chi connectivity index (χ4n) is 2.57. The van der Waals surface area contributed by atoms with Crippen LogP contribution in [0.15, 0.2) is 42.5 Å². The summed E-state index contributed by atoms with van der Waals surface area (Å²) in [5, 5.41) is 4.62. The first-order valence-corrected chi connectivity index (χ1v) is 8.24. The third kappa shape index (κ3) is 3.88. The second-order valence-electron chi connectivity index (χ2n) is 5.90. The van der Waals surface area contributed by atoms with E-state index in [4.69, 9.17) is 16.3 Å². The number of carbonyl (C=O) groups is 1. The minimum atomic E-state index is -0.560. The molecule has 2 aromatic heterocycles. The van der Waals surface area contributed by atoms with Crippen LogP contribution in [-0.4, -0.2) is 20.7 Å². The van der Waals surface area contributed by atoms with Crippen molar-refractivity contribution in [2.45, 2.75) is 27.4 Å². The number of hydrogen-bond donors (Lipinski definition) is 0. The highest BCUT2D eigenvalue weighted by molar-refractivity contribution is 6.33. The van der Waals surface area contributed by atoms with Gasteiger partial charge >= 0.3 is 5.97 Å². The smallest absolute Gasteiger partial charge is 0.358 e. The molecule has 128 valence electrons. The van der Waals surface area contributed by atoms with Gasteiger partial charge in [-0.2, -0.15) is 5.10 Å². The van der Waals surface area contributed by atoms with Gasteiger partial charge in [-0.05, 0) is 44.5 Å². The van der Waals surface area contributed by atoms with E-state index in [0.29, 0.717) is 5.82 Å². The Morgan fingerprint density at radius 2 is 1.96 bits per heavy atom. The van der Waals surface area contributed by atoms with Crippen molar-refractivity contribution < 1.29 is 9.53 Å². The molecule has 0 saturated carbocycles. The molecule has 0 aliphatic heterocycles. The molecule has 0 bridgehead atoms. The lowest BCUT2D eigenvalue weighted by atomic mass is 10.1. The van der Waals surface area contributed by atoms with Gasteiger partial charge in [0.2, 0.25) is 0 Å². The zero-order valence-electron chi connectivity index (χ0n) is 14.3. The molecule has 0 atom stereocenters. The van der Waals surface area contributed by atoms with E-state index in [1.165, 1.54) is 0 Å². The van der Waals surface area contributed by atoms with E-state index in [1.807, 2.05) is 51.1 Å². The highest BCUT2D eigenvalue weighted by atomic mass is 35.5. The minimum absolute atomic E-state index is 0.0828. The van der Waals surface area contributed by atoms with E-state index in [9.17, 15) is 4.79 Å². The molecule has 0 aliphatic rings. The summed E-state index contributed by atoms with van der Waals surface area (Å²) in [6.45, 7) is 5.98. The Bertz CT molecular complexity index is 934. The molecular formula is C19H18ClN3O2. The van der Waals surface area contributed by atoms with Crippen LogP contribution in [-0.2, 0) is 11.3 Å². The molecule has 0 N–H and O–H groups in total. The van der Waals surface area contributed by atoms with Gasteiger partial charge in [-0.1, -0.05) is 41.4 Å². The summed E-state index contributed by atoms with van der Waals surface area (Å²) in [5.41, 5.74) is 3.90. The maximum absolute atomic E-state index is 12.4. The van der Waals surface area contributed by atoms with Crippen molar-refractivity contribution in [1.29, 1.82) is 0 Å². The van der Waals surface area contributed by atoms with Crippen LogP contribution in [0.25, 0.3) is 5.82 Å². The van der Waals surface area contributed by atoms with Crippen LogP contribution in [0.5, 0.6) is 0 Å². The van der Waals surface area contributed by atoms with Crippen LogP contribution in [0.1, 0.15) is 33.0 Å². The van der Waals surface area contributed by atoms with Gasteiger partial charge in [0, 0.05) is 5.69 Å². The zero-order chi connectivity index (χ0) is 18.0. The number of aryl methyl sites for hydroxylation is 3. The molecule has 6 heteroatoms. The Kier molecular flexibility index (Phi) is 4.86. The molecule has 25 heavy (non-hydrogen) atoms. The number of pyridine rings is 1. The monoisotopic (exact) mass is 355 g/mol. The van der Waals surface area contributed by atoms with Crippen LogP contribution in [0.4, 0.5) is 0 Å². The topological polar surface area (TPSA) is 57.0 Å². The molecule has 1 aromatic carbocycles. The molecule has 5 nitrogen and oxygen atoms in total. The van der Waals surface area contributed by atoms with Gasteiger partial charge in [-0.15, -0.1) is 0 Å². The van der Waals surface area contributed by atoms with Gasteiger partial charge in [-0.25, -0.2) is 14.5 Å². The Morgan fingerprint density at radius 3 is 2.64 bits per heavy atom. The Morgan fingerprint density at radius 1 is 1.16 bits per heavy atom. The Balaban J connectivity index is 1.82. The number of hydrogen-bond acceptors (Lipinski definition) is 4. The molecule has 0 saturated heterocycles. The van der Waals surface area contributed by atoms with Gasteiger partial charge < -0.3 is 4.74 Å². The molecule has 3 aromatic rings. The molecule has 0 spiro atoms. The van der Waals surface area contributed by atoms with Crippen LogP contribution < -0.4 is 0 Å². The number of nitrogens with zero attached hydrogens (tertiary/aromatic N) is 3. The normalized spacial score (nSPS) is 10.7. The van der Waals surface area contributed by atoms with Crippen LogP contribution in [0.3, 0.4) is 0 Å². The minimum Gasteiger partial charge on any atom is -0.456 e. The first kappa shape index (κ1) is 17.2. The number of carbonyl (C=O) groups excluding carboxylic acids is 1. The fraction of sp³-hybridized carbons (Fsp3) is 0.211. The Labute approximate surface area is 151 Å². The Hall–Kier alpha value is -2.66. The molecule has 0 fully saturated rings. The van der Waals surface area contributed by atoms with Crippen molar-refractivity contribution >= 4 is 17.6 Å². The SMILES string of the molecule is Cc1cccc(COC(=O)c2nc(-n3nc(C)cc3C)ccc2Cl)c1. The summed E-state index contributed by atoms with van der Waals surface area (Å²) in [7, 11) is 0. The first-order valence-electron chi connectivity index (χ1n) is 7.87. The molecule has 0 radical (unpaired) electrons. The van der Waals surface area contributed by atoms with Gasteiger partial charge in [0.25, 0.3) is 0 Å². The number of benzene rings is 1. The first-order chi connectivity index (χ1) is 11.9. The number of ether oxygens (including phenoxy) is 1. The highest BCUT2D eigenvalue weighted by Crippen LogP contribution is 2.19. The van der Waals surface area contributed by atoms with Crippen molar-refractivity contribution in [3.8, 4) is 5.82 Å². The quantitative estimate of drug-likeness (QED) is 0.658. The van der Waals surface area contributed by atoms with Crippen molar-refractivity contribution in [1.82, 2.24) is 14.8 Å². The standard InChI is InChI=1S/C19H18ClN3O2/c1-12-5-4-6-15(9-12)11-25-19(24)18-16(20)7-8-17(21-18)23-14(3)10-13(2)22-23/h4-10H,11H2,1-3H3. The van der Waals surface area contributed by atoms with E-state index in [1.54, 1.807) is 16.8 Å². The third-order valence-electron chi connectivity index (χ3n) is 3.70. The number of halogens is 1. The molecule has 0 amide bonds. The predicted octanol–water partition coefficient (Wildman–Crippen LogP) is 4.20. The summed E-state index contributed by atoms with van der Waals surface area (Å²) in [6, 6.07) is 13.1. The van der Waals surface area contributed by atoms with E-state index < -0.39 is 5.97 Å². The van der Waals surface area contributed by atoms with Gasteiger partial charge in [-0.3, -0.25) is 0 Å². The maximum Gasteiger partial charge on any atom is 0.358 e. The van der Waals surface area contributed by atoms with Crippen LogP contribution in [0.2, 0.25) is 5.02 Å². The average molecular weight is 356 g/mol. The summed E-state index contributed by atoms with van der Waals surface area (Å²) in [4.78, 5) is 16.7. The second kappa shape index (κ2) is 7.07. The highest BCUT2D eigenvalue weighted by Gasteiger charge is 2.17. The fourth-order valence-corrected chi connectivity index (χ4v) is 2.76. The van der Waals surface area contributed by atoms with E-state index in [2.05, 4.69) is 10.1 Å². The van der Waals surface area contributed by atoms with Crippen molar-refractivity contribution in [2.75, 3.05) is 0 Å². The molecule has 0 aliphatic carbocycles. The summed E-state index contributed by atoms with van der Waals surface area (Å²) in [5.74, 6) is -0.0348. The number of rotatable bonds is 4. The number of esters is 1.